The zero-order valence-corrected chi connectivity index (χ0v) is 15.6. The van der Waals surface area contributed by atoms with E-state index in [0.717, 1.165) is 28.6 Å². The van der Waals surface area contributed by atoms with Gasteiger partial charge in [0.05, 0.1) is 23.8 Å². The number of tetrazole rings is 1. The number of fused-ring (bicyclic) bond motifs is 1. The smallest absolute Gasteiger partial charge is 0.168 e. The van der Waals surface area contributed by atoms with E-state index in [-0.39, 0.29) is 6.04 Å². The molecule has 0 aliphatic heterocycles. The van der Waals surface area contributed by atoms with Crippen LogP contribution in [0.2, 0.25) is 0 Å². The molecule has 1 atom stereocenters. The molecule has 1 unspecified atom stereocenters. The van der Waals surface area contributed by atoms with Gasteiger partial charge in [0.25, 0.3) is 0 Å². The molecule has 0 aliphatic carbocycles. The van der Waals surface area contributed by atoms with Crippen molar-refractivity contribution < 1.29 is 0 Å². The molecule has 0 fully saturated rings. The predicted molar refractivity (Wildman–Crippen MR) is 104 cm³/mol. The first-order valence-corrected chi connectivity index (χ1v) is 9.17. The summed E-state index contributed by atoms with van der Waals surface area (Å²) in [7, 11) is 0. The number of aromatic amines is 1. The first-order chi connectivity index (χ1) is 13.2. The van der Waals surface area contributed by atoms with Crippen LogP contribution in [0.4, 0.5) is 0 Å². The van der Waals surface area contributed by atoms with Gasteiger partial charge in [0.15, 0.2) is 5.82 Å². The Morgan fingerprint density at radius 1 is 1.15 bits per heavy atom. The van der Waals surface area contributed by atoms with Gasteiger partial charge in [0.2, 0.25) is 0 Å². The number of aromatic nitrogens is 6. The summed E-state index contributed by atoms with van der Waals surface area (Å²) in [5.41, 5.74) is 12.2. The van der Waals surface area contributed by atoms with Crippen LogP contribution < -0.4 is 5.73 Å². The molecular formula is C20H23N7. The minimum Gasteiger partial charge on any atom is -0.321 e. The van der Waals surface area contributed by atoms with Crippen LogP contribution in [0.3, 0.4) is 0 Å². The number of nitrogens with zero attached hydrogens (tertiary/aromatic N) is 5. The number of aryl methyl sites for hydroxylation is 2. The Hall–Kier alpha value is -3.06. The lowest BCUT2D eigenvalue weighted by atomic mass is 9.99. The summed E-state index contributed by atoms with van der Waals surface area (Å²) in [4.78, 5) is 0. The van der Waals surface area contributed by atoms with Crippen molar-refractivity contribution in [3.63, 3.8) is 0 Å². The Kier molecular flexibility index (Phi) is 4.68. The zero-order chi connectivity index (χ0) is 18.8. The van der Waals surface area contributed by atoms with Crippen molar-refractivity contribution in [2.75, 3.05) is 0 Å². The van der Waals surface area contributed by atoms with E-state index in [4.69, 9.17) is 5.73 Å². The fraction of sp³-hybridized carbons (Fsp3) is 0.300. The van der Waals surface area contributed by atoms with Crippen molar-refractivity contribution in [2.24, 2.45) is 5.73 Å². The van der Waals surface area contributed by atoms with Crippen LogP contribution in [-0.2, 0) is 19.4 Å². The first-order valence-electron chi connectivity index (χ1n) is 9.17. The summed E-state index contributed by atoms with van der Waals surface area (Å²) in [5.74, 6) is 0.695. The van der Waals surface area contributed by atoms with Gasteiger partial charge in [-0.1, -0.05) is 43.3 Å². The molecule has 0 spiro atoms. The standard InChI is InChI=1S/C20H23N7/c1-3-16-9-15(10-17-13(2)22-23-19(16)17)11-18(21)20-24-25-26-27(20)12-14-7-5-4-6-8-14/h4-10,18H,3,11-12,21H2,1-2H3,(H,22,23). The molecule has 0 bridgehead atoms. The molecule has 2 heterocycles. The Morgan fingerprint density at radius 3 is 2.74 bits per heavy atom. The summed E-state index contributed by atoms with van der Waals surface area (Å²) >= 11 is 0. The maximum Gasteiger partial charge on any atom is 0.168 e. The van der Waals surface area contributed by atoms with E-state index >= 15 is 0 Å². The Balaban J connectivity index is 1.60. The molecule has 4 aromatic rings. The third kappa shape index (κ3) is 3.46. The third-order valence-corrected chi connectivity index (χ3v) is 4.91. The molecule has 0 saturated carbocycles. The van der Waals surface area contributed by atoms with E-state index in [1.807, 2.05) is 25.1 Å². The number of hydrogen-bond donors (Lipinski definition) is 2. The fourth-order valence-corrected chi connectivity index (χ4v) is 3.47. The molecule has 7 heteroatoms. The van der Waals surface area contributed by atoms with Gasteiger partial charge in [-0.25, -0.2) is 4.68 Å². The van der Waals surface area contributed by atoms with Crippen molar-refractivity contribution in [2.45, 2.75) is 39.3 Å². The van der Waals surface area contributed by atoms with Gasteiger partial charge in [-0.3, -0.25) is 5.10 Å². The fourth-order valence-electron chi connectivity index (χ4n) is 3.47. The summed E-state index contributed by atoms with van der Waals surface area (Å²) < 4.78 is 1.78. The lowest BCUT2D eigenvalue weighted by molar-refractivity contribution is 0.565. The average molecular weight is 361 g/mol. The van der Waals surface area contributed by atoms with Crippen molar-refractivity contribution in [3.05, 3.63) is 70.7 Å². The quantitative estimate of drug-likeness (QED) is 0.550. The minimum atomic E-state index is -0.280. The van der Waals surface area contributed by atoms with Crippen molar-refractivity contribution in [1.29, 1.82) is 0 Å². The first kappa shape index (κ1) is 17.4. The Bertz CT molecular complexity index is 1050. The molecule has 0 aliphatic rings. The van der Waals surface area contributed by atoms with E-state index in [9.17, 15) is 0 Å². The predicted octanol–water partition coefficient (Wildman–Crippen LogP) is 2.71. The second-order valence-electron chi connectivity index (χ2n) is 6.83. The lowest BCUT2D eigenvalue weighted by Gasteiger charge is -2.13. The molecule has 2 aromatic carbocycles. The van der Waals surface area contributed by atoms with Crippen molar-refractivity contribution in [1.82, 2.24) is 30.4 Å². The van der Waals surface area contributed by atoms with E-state index in [0.29, 0.717) is 18.8 Å². The van der Waals surface area contributed by atoms with E-state index < -0.39 is 0 Å². The van der Waals surface area contributed by atoms with Gasteiger partial charge in [-0.2, -0.15) is 5.10 Å². The maximum absolute atomic E-state index is 6.49. The van der Waals surface area contributed by atoms with Crippen LogP contribution in [0.1, 0.15) is 41.2 Å². The highest BCUT2D eigenvalue weighted by Crippen LogP contribution is 2.25. The molecule has 0 radical (unpaired) electrons. The van der Waals surface area contributed by atoms with E-state index in [1.165, 1.54) is 11.1 Å². The summed E-state index contributed by atoms with van der Waals surface area (Å²) in [5, 5.41) is 20.8. The van der Waals surface area contributed by atoms with Gasteiger partial charge in [0, 0.05) is 5.39 Å². The molecule has 0 saturated heterocycles. The minimum absolute atomic E-state index is 0.280. The normalized spacial score (nSPS) is 12.6. The lowest BCUT2D eigenvalue weighted by Crippen LogP contribution is -2.20. The van der Waals surface area contributed by atoms with Gasteiger partial charge < -0.3 is 5.73 Å². The number of nitrogens with two attached hydrogens (primary N) is 1. The third-order valence-electron chi connectivity index (χ3n) is 4.91. The largest absolute Gasteiger partial charge is 0.321 e. The van der Waals surface area contributed by atoms with Crippen LogP contribution in [0.5, 0.6) is 0 Å². The molecule has 138 valence electrons. The van der Waals surface area contributed by atoms with Crippen LogP contribution in [0.15, 0.2) is 42.5 Å². The number of hydrogen-bond acceptors (Lipinski definition) is 5. The van der Waals surface area contributed by atoms with Gasteiger partial charge in [0.1, 0.15) is 0 Å². The maximum atomic E-state index is 6.49. The topological polar surface area (TPSA) is 98.3 Å². The van der Waals surface area contributed by atoms with Crippen LogP contribution >= 0.6 is 0 Å². The van der Waals surface area contributed by atoms with E-state index in [2.05, 4.69) is 56.9 Å². The Labute approximate surface area is 157 Å². The zero-order valence-electron chi connectivity index (χ0n) is 15.6. The molecule has 0 amide bonds. The molecule has 7 nitrogen and oxygen atoms in total. The monoisotopic (exact) mass is 361 g/mol. The Morgan fingerprint density at radius 2 is 1.96 bits per heavy atom. The second kappa shape index (κ2) is 7.28. The number of nitrogens with one attached hydrogen (secondary N) is 1. The van der Waals surface area contributed by atoms with Crippen LogP contribution in [0, 0.1) is 6.92 Å². The molecule has 27 heavy (non-hydrogen) atoms. The van der Waals surface area contributed by atoms with Crippen LogP contribution in [-0.4, -0.2) is 30.4 Å². The second-order valence-corrected chi connectivity index (χ2v) is 6.83. The highest BCUT2D eigenvalue weighted by molar-refractivity contribution is 5.85. The highest BCUT2D eigenvalue weighted by Gasteiger charge is 2.17. The number of H-pyrrole nitrogens is 1. The van der Waals surface area contributed by atoms with Crippen molar-refractivity contribution >= 4 is 10.9 Å². The van der Waals surface area contributed by atoms with Gasteiger partial charge in [-0.05, 0) is 52.9 Å². The summed E-state index contributed by atoms with van der Waals surface area (Å²) in [6.07, 6.45) is 1.61. The summed E-state index contributed by atoms with van der Waals surface area (Å²) in [6, 6.07) is 14.2. The van der Waals surface area contributed by atoms with Crippen molar-refractivity contribution in [3.8, 4) is 0 Å². The van der Waals surface area contributed by atoms with Crippen LogP contribution in [0.25, 0.3) is 10.9 Å². The van der Waals surface area contributed by atoms with Gasteiger partial charge in [-0.15, -0.1) is 5.10 Å². The highest BCUT2D eigenvalue weighted by atomic mass is 15.5. The van der Waals surface area contributed by atoms with E-state index in [1.54, 1.807) is 4.68 Å². The molecular weight excluding hydrogens is 338 g/mol. The van der Waals surface area contributed by atoms with Gasteiger partial charge >= 0.3 is 0 Å². The average Bonchev–Trinajstić information content (AvgIpc) is 3.29. The number of benzene rings is 2. The molecule has 4 rings (SSSR count). The SMILES string of the molecule is CCc1cc(CC(N)c2nnnn2Cc2ccccc2)cc2c(C)n[nH]c12. The number of rotatable bonds is 6. The summed E-state index contributed by atoms with van der Waals surface area (Å²) in [6.45, 7) is 4.77. The molecule has 3 N–H and O–H groups in total. The molecule has 2 aromatic heterocycles.